The van der Waals surface area contributed by atoms with Crippen LogP contribution >= 0.6 is 0 Å². The first-order chi connectivity index (χ1) is 11.7. The van der Waals surface area contributed by atoms with Crippen LogP contribution in [0.3, 0.4) is 0 Å². The van der Waals surface area contributed by atoms with Crippen LogP contribution in [-0.4, -0.2) is 22.4 Å². The van der Waals surface area contributed by atoms with Crippen LogP contribution in [0, 0.1) is 5.92 Å². The number of nitrogens with zero attached hydrogens (tertiary/aromatic N) is 1. The van der Waals surface area contributed by atoms with E-state index in [2.05, 4.69) is 27.4 Å². The minimum Gasteiger partial charge on any atom is -0.356 e. The SMILES string of the molecule is O=C(CCc1nc2ccccc2[nH]c1=O)NCCC1C=CCCC1. The van der Waals surface area contributed by atoms with Gasteiger partial charge in [-0.2, -0.15) is 0 Å². The Labute approximate surface area is 141 Å². The second kappa shape index (κ2) is 7.90. The largest absolute Gasteiger partial charge is 0.356 e. The average molecular weight is 325 g/mol. The molecule has 1 amide bonds. The lowest BCUT2D eigenvalue weighted by atomic mass is 9.93. The third kappa shape index (κ3) is 4.31. The van der Waals surface area contributed by atoms with Crippen LogP contribution in [0.4, 0.5) is 0 Å². The van der Waals surface area contributed by atoms with E-state index in [0.717, 1.165) is 17.5 Å². The van der Waals surface area contributed by atoms with Crippen LogP contribution in [0.1, 0.15) is 37.8 Å². The van der Waals surface area contributed by atoms with E-state index in [4.69, 9.17) is 0 Å². The van der Waals surface area contributed by atoms with Gasteiger partial charge in [0.2, 0.25) is 5.91 Å². The summed E-state index contributed by atoms with van der Waals surface area (Å²) >= 11 is 0. The lowest BCUT2D eigenvalue weighted by Crippen LogP contribution is -2.27. The minimum absolute atomic E-state index is 0.0239. The standard InChI is InChI=1S/C19H23N3O2/c23-18(20-13-12-14-6-2-1-3-7-14)11-10-17-19(24)22-16-9-5-4-8-15(16)21-17/h2,4-6,8-9,14H,1,3,7,10-13H2,(H,20,23)(H,22,24). The molecule has 126 valence electrons. The maximum absolute atomic E-state index is 12.0. The first-order valence-corrected chi connectivity index (χ1v) is 8.63. The van der Waals surface area contributed by atoms with E-state index in [1.807, 2.05) is 24.3 Å². The topological polar surface area (TPSA) is 74.8 Å². The summed E-state index contributed by atoms with van der Waals surface area (Å²) in [6.07, 6.45) is 9.74. The molecule has 1 aromatic carbocycles. The fourth-order valence-corrected chi connectivity index (χ4v) is 3.08. The molecule has 2 aromatic rings. The zero-order valence-electron chi connectivity index (χ0n) is 13.8. The maximum Gasteiger partial charge on any atom is 0.270 e. The highest BCUT2D eigenvalue weighted by molar-refractivity contribution is 5.76. The number of benzene rings is 1. The first-order valence-electron chi connectivity index (χ1n) is 8.63. The molecule has 2 N–H and O–H groups in total. The third-order valence-corrected chi connectivity index (χ3v) is 4.45. The molecule has 1 atom stereocenters. The molecule has 0 bridgehead atoms. The molecule has 1 unspecified atom stereocenters. The Hall–Kier alpha value is -2.43. The molecule has 1 aliphatic carbocycles. The van der Waals surface area contributed by atoms with E-state index >= 15 is 0 Å². The van der Waals surface area contributed by atoms with Gasteiger partial charge in [-0.15, -0.1) is 0 Å². The number of rotatable bonds is 6. The number of hydrogen-bond donors (Lipinski definition) is 2. The molecule has 0 spiro atoms. The number of fused-ring (bicyclic) bond motifs is 1. The predicted octanol–water partition coefficient (Wildman–Crippen LogP) is 2.72. The molecule has 0 aliphatic heterocycles. The van der Waals surface area contributed by atoms with Gasteiger partial charge in [0.15, 0.2) is 0 Å². The molecule has 1 aromatic heterocycles. The smallest absolute Gasteiger partial charge is 0.270 e. The number of hydrogen-bond acceptors (Lipinski definition) is 3. The van der Waals surface area contributed by atoms with Crippen molar-refractivity contribution in [3.05, 3.63) is 52.5 Å². The molecule has 1 heterocycles. The van der Waals surface area contributed by atoms with Crippen LogP contribution in [0.5, 0.6) is 0 Å². The minimum atomic E-state index is -0.214. The van der Waals surface area contributed by atoms with Crippen molar-refractivity contribution >= 4 is 16.9 Å². The molecule has 5 heteroatoms. The molecule has 24 heavy (non-hydrogen) atoms. The maximum atomic E-state index is 12.0. The number of para-hydroxylation sites is 2. The summed E-state index contributed by atoms with van der Waals surface area (Å²) in [5.74, 6) is 0.563. The van der Waals surface area contributed by atoms with Crippen LogP contribution < -0.4 is 10.9 Å². The Balaban J connectivity index is 1.49. The lowest BCUT2D eigenvalue weighted by Gasteiger charge is -2.16. The van der Waals surface area contributed by atoms with Gasteiger partial charge in [-0.1, -0.05) is 24.3 Å². The summed E-state index contributed by atoms with van der Waals surface area (Å²) in [5, 5.41) is 2.94. The number of aryl methyl sites for hydroxylation is 1. The van der Waals surface area contributed by atoms with Crippen molar-refractivity contribution in [3.8, 4) is 0 Å². The fraction of sp³-hybridized carbons (Fsp3) is 0.421. The predicted molar refractivity (Wildman–Crippen MR) is 94.8 cm³/mol. The molecular formula is C19H23N3O2. The second-order valence-corrected chi connectivity index (χ2v) is 6.29. The number of carbonyl (C=O) groups is 1. The summed E-state index contributed by atoms with van der Waals surface area (Å²) in [7, 11) is 0. The number of aromatic nitrogens is 2. The van der Waals surface area contributed by atoms with Crippen molar-refractivity contribution in [2.24, 2.45) is 5.92 Å². The molecule has 0 saturated carbocycles. The van der Waals surface area contributed by atoms with Gasteiger partial charge >= 0.3 is 0 Å². The summed E-state index contributed by atoms with van der Waals surface area (Å²) < 4.78 is 0. The third-order valence-electron chi connectivity index (χ3n) is 4.45. The van der Waals surface area contributed by atoms with E-state index in [9.17, 15) is 9.59 Å². The summed E-state index contributed by atoms with van der Waals surface area (Å²) in [5.41, 5.74) is 1.67. The highest BCUT2D eigenvalue weighted by Gasteiger charge is 2.10. The van der Waals surface area contributed by atoms with Crippen molar-refractivity contribution in [3.63, 3.8) is 0 Å². The molecule has 0 fully saturated rings. The quantitative estimate of drug-likeness (QED) is 0.802. The monoisotopic (exact) mass is 325 g/mol. The van der Waals surface area contributed by atoms with Crippen LogP contribution in [0.15, 0.2) is 41.2 Å². The van der Waals surface area contributed by atoms with Gasteiger partial charge in [-0.05, 0) is 43.7 Å². The second-order valence-electron chi connectivity index (χ2n) is 6.29. The highest BCUT2D eigenvalue weighted by atomic mass is 16.1. The number of nitrogens with one attached hydrogen (secondary N) is 2. The van der Waals surface area contributed by atoms with E-state index < -0.39 is 0 Å². The Morgan fingerprint density at radius 1 is 1.33 bits per heavy atom. The zero-order chi connectivity index (χ0) is 16.8. The number of amides is 1. The molecule has 0 radical (unpaired) electrons. The lowest BCUT2D eigenvalue weighted by molar-refractivity contribution is -0.121. The molecule has 0 saturated heterocycles. The molecule has 3 rings (SSSR count). The fourth-order valence-electron chi connectivity index (χ4n) is 3.08. The molecule has 5 nitrogen and oxygen atoms in total. The normalized spacial score (nSPS) is 17.1. The van der Waals surface area contributed by atoms with Crippen molar-refractivity contribution in [2.75, 3.05) is 6.54 Å². The molecular weight excluding hydrogens is 302 g/mol. The Morgan fingerprint density at radius 2 is 2.21 bits per heavy atom. The Bertz CT molecular complexity index is 795. The van der Waals surface area contributed by atoms with Gasteiger partial charge in [0.1, 0.15) is 5.69 Å². The van der Waals surface area contributed by atoms with E-state index in [1.165, 1.54) is 19.3 Å². The number of allylic oxidation sites excluding steroid dienone is 2. The van der Waals surface area contributed by atoms with Gasteiger partial charge in [0.05, 0.1) is 11.0 Å². The van der Waals surface area contributed by atoms with Crippen molar-refractivity contribution < 1.29 is 4.79 Å². The Kier molecular flexibility index (Phi) is 5.41. The van der Waals surface area contributed by atoms with Gasteiger partial charge < -0.3 is 10.3 Å². The van der Waals surface area contributed by atoms with Crippen molar-refractivity contribution in [1.29, 1.82) is 0 Å². The van der Waals surface area contributed by atoms with Crippen LogP contribution in [-0.2, 0) is 11.2 Å². The summed E-state index contributed by atoms with van der Waals surface area (Å²) in [6.45, 7) is 0.690. The number of aromatic amines is 1. The van der Waals surface area contributed by atoms with Crippen molar-refractivity contribution in [2.45, 2.75) is 38.5 Å². The van der Waals surface area contributed by atoms with E-state index in [1.54, 1.807) is 0 Å². The van der Waals surface area contributed by atoms with Gasteiger partial charge in [-0.25, -0.2) is 4.98 Å². The van der Waals surface area contributed by atoms with Gasteiger partial charge in [0, 0.05) is 19.4 Å². The van der Waals surface area contributed by atoms with Crippen LogP contribution in [0.2, 0.25) is 0 Å². The average Bonchev–Trinajstić information content (AvgIpc) is 2.61. The Morgan fingerprint density at radius 3 is 3.04 bits per heavy atom. The number of carbonyl (C=O) groups excluding carboxylic acids is 1. The first kappa shape index (κ1) is 16.4. The zero-order valence-corrected chi connectivity index (χ0v) is 13.8. The highest BCUT2D eigenvalue weighted by Crippen LogP contribution is 2.19. The summed E-state index contributed by atoms with van der Waals surface area (Å²) in [6, 6.07) is 7.41. The van der Waals surface area contributed by atoms with Gasteiger partial charge in [0.25, 0.3) is 5.56 Å². The number of H-pyrrole nitrogens is 1. The molecule has 1 aliphatic rings. The van der Waals surface area contributed by atoms with E-state index in [-0.39, 0.29) is 17.9 Å². The van der Waals surface area contributed by atoms with Gasteiger partial charge in [-0.3, -0.25) is 9.59 Å². The van der Waals surface area contributed by atoms with E-state index in [0.29, 0.717) is 24.6 Å². The van der Waals surface area contributed by atoms with Crippen molar-refractivity contribution in [1.82, 2.24) is 15.3 Å². The summed E-state index contributed by atoms with van der Waals surface area (Å²) in [4.78, 5) is 31.2. The van der Waals surface area contributed by atoms with Crippen LogP contribution in [0.25, 0.3) is 11.0 Å².